The zero-order valence-corrected chi connectivity index (χ0v) is 11.1. The van der Waals surface area contributed by atoms with E-state index in [0.717, 1.165) is 36.5 Å². The van der Waals surface area contributed by atoms with Gasteiger partial charge in [0.25, 0.3) is 0 Å². The third kappa shape index (κ3) is 3.72. The van der Waals surface area contributed by atoms with Gasteiger partial charge in [-0.2, -0.15) is 5.10 Å². The van der Waals surface area contributed by atoms with Crippen molar-refractivity contribution >= 4 is 5.69 Å². The summed E-state index contributed by atoms with van der Waals surface area (Å²) in [4.78, 5) is 0. The maximum Gasteiger partial charge on any atom is 0.119 e. The first-order valence-corrected chi connectivity index (χ1v) is 6.42. The third-order valence-corrected chi connectivity index (χ3v) is 2.93. The smallest absolute Gasteiger partial charge is 0.119 e. The van der Waals surface area contributed by atoms with E-state index in [9.17, 15) is 0 Å². The molecule has 0 saturated heterocycles. The molecule has 0 unspecified atom stereocenters. The van der Waals surface area contributed by atoms with Crippen molar-refractivity contribution in [3.8, 4) is 5.75 Å². The highest BCUT2D eigenvalue weighted by Gasteiger charge is 2.06. The summed E-state index contributed by atoms with van der Waals surface area (Å²) in [6, 6.07) is 8.04. The summed E-state index contributed by atoms with van der Waals surface area (Å²) in [6.07, 6.45) is 3.55. The molecule has 0 aliphatic heterocycles. The molecule has 0 amide bonds. The van der Waals surface area contributed by atoms with Gasteiger partial charge in [0.15, 0.2) is 0 Å². The fourth-order valence-electron chi connectivity index (χ4n) is 1.91. The second kappa shape index (κ2) is 6.80. The number of nitrogens with two attached hydrogens (primary N) is 1. The number of H-pyrrole nitrogens is 1. The molecule has 0 aliphatic carbocycles. The molecular formula is C14H20N4O. The summed E-state index contributed by atoms with van der Waals surface area (Å²) in [6.45, 7) is 1.55. The molecule has 2 aromatic rings. The van der Waals surface area contributed by atoms with Gasteiger partial charge < -0.3 is 15.8 Å². The summed E-state index contributed by atoms with van der Waals surface area (Å²) in [7, 11) is 1.68. The molecule has 0 fully saturated rings. The molecule has 0 bridgehead atoms. The Hall–Kier alpha value is -2.01. The third-order valence-electron chi connectivity index (χ3n) is 2.93. The molecule has 0 spiro atoms. The van der Waals surface area contributed by atoms with Gasteiger partial charge in [0, 0.05) is 13.0 Å². The predicted octanol–water partition coefficient (Wildman–Crippen LogP) is 1.77. The molecule has 0 atom stereocenters. The van der Waals surface area contributed by atoms with E-state index in [1.807, 2.05) is 24.4 Å². The molecular weight excluding hydrogens is 240 g/mol. The number of benzene rings is 1. The lowest BCUT2D eigenvalue weighted by Gasteiger charge is -2.07. The normalized spacial score (nSPS) is 10.4. The van der Waals surface area contributed by atoms with Crippen LogP contribution in [0.15, 0.2) is 30.5 Å². The molecule has 0 saturated carbocycles. The van der Waals surface area contributed by atoms with E-state index in [0.29, 0.717) is 6.54 Å². The Bertz CT molecular complexity index is 510. The zero-order chi connectivity index (χ0) is 13.5. The monoisotopic (exact) mass is 260 g/mol. The van der Waals surface area contributed by atoms with E-state index in [-0.39, 0.29) is 0 Å². The highest BCUT2D eigenvalue weighted by atomic mass is 16.5. The Morgan fingerprint density at radius 1 is 1.42 bits per heavy atom. The molecule has 1 heterocycles. The van der Waals surface area contributed by atoms with Crippen molar-refractivity contribution in [3.05, 3.63) is 41.7 Å². The number of rotatable bonds is 7. The van der Waals surface area contributed by atoms with Crippen LogP contribution >= 0.6 is 0 Å². The van der Waals surface area contributed by atoms with E-state index in [1.165, 1.54) is 5.56 Å². The molecule has 5 nitrogen and oxygen atoms in total. The lowest BCUT2D eigenvalue weighted by molar-refractivity contribution is 0.414. The van der Waals surface area contributed by atoms with Crippen LogP contribution in [-0.2, 0) is 6.42 Å². The maximum absolute atomic E-state index is 5.48. The van der Waals surface area contributed by atoms with Crippen molar-refractivity contribution in [2.45, 2.75) is 12.8 Å². The first-order chi connectivity index (χ1) is 9.33. The summed E-state index contributed by atoms with van der Waals surface area (Å²) in [5.74, 6) is 0.870. The van der Waals surface area contributed by atoms with Crippen LogP contribution in [0, 0.1) is 0 Å². The molecule has 2 rings (SSSR count). The van der Waals surface area contributed by atoms with Crippen molar-refractivity contribution in [2.24, 2.45) is 5.73 Å². The topological polar surface area (TPSA) is 76.0 Å². The van der Waals surface area contributed by atoms with Crippen molar-refractivity contribution in [3.63, 3.8) is 0 Å². The summed E-state index contributed by atoms with van der Waals surface area (Å²) >= 11 is 0. The number of ether oxygens (including phenoxy) is 1. The minimum Gasteiger partial charge on any atom is -0.497 e. The van der Waals surface area contributed by atoms with Crippen LogP contribution in [-0.4, -0.2) is 30.4 Å². The molecule has 102 valence electrons. The molecule has 0 aliphatic rings. The fraction of sp³-hybridized carbons (Fsp3) is 0.357. The van der Waals surface area contributed by atoms with Crippen molar-refractivity contribution in [1.29, 1.82) is 0 Å². The predicted molar refractivity (Wildman–Crippen MR) is 76.5 cm³/mol. The zero-order valence-electron chi connectivity index (χ0n) is 11.1. The number of nitrogens with zero attached hydrogens (tertiary/aromatic N) is 1. The van der Waals surface area contributed by atoms with Crippen LogP contribution < -0.4 is 15.8 Å². The Morgan fingerprint density at radius 2 is 2.32 bits per heavy atom. The number of hydrogen-bond donors (Lipinski definition) is 3. The summed E-state index contributed by atoms with van der Waals surface area (Å²) in [5.41, 5.74) is 8.78. The number of aromatic nitrogens is 2. The fourth-order valence-corrected chi connectivity index (χ4v) is 1.91. The van der Waals surface area contributed by atoms with E-state index in [4.69, 9.17) is 10.5 Å². The van der Waals surface area contributed by atoms with Gasteiger partial charge >= 0.3 is 0 Å². The van der Waals surface area contributed by atoms with Gasteiger partial charge in [0.1, 0.15) is 5.75 Å². The van der Waals surface area contributed by atoms with Gasteiger partial charge in [-0.05, 0) is 30.7 Å². The second-order valence-corrected chi connectivity index (χ2v) is 4.36. The first-order valence-electron chi connectivity index (χ1n) is 6.42. The lowest BCUT2D eigenvalue weighted by atomic mass is 10.1. The molecule has 1 aromatic carbocycles. The summed E-state index contributed by atoms with van der Waals surface area (Å²) in [5, 5.41) is 10.5. The lowest BCUT2D eigenvalue weighted by Crippen LogP contribution is -2.09. The first kappa shape index (κ1) is 13.4. The molecule has 1 aromatic heterocycles. The van der Waals surface area contributed by atoms with Crippen LogP contribution in [0.5, 0.6) is 5.75 Å². The Kier molecular flexibility index (Phi) is 4.80. The largest absolute Gasteiger partial charge is 0.497 e. The average Bonchev–Trinajstić information content (AvgIpc) is 2.87. The molecule has 19 heavy (non-hydrogen) atoms. The Labute approximate surface area is 113 Å². The highest BCUT2D eigenvalue weighted by molar-refractivity contribution is 5.48. The maximum atomic E-state index is 5.48. The van der Waals surface area contributed by atoms with Gasteiger partial charge in [-0.15, -0.1) is 0 Å². The van der Waals surface area contributed by atoms with Crippen LogP contribution in [0.4, 0.5) is 5.69 Å². The Morgan fingerprint density at radius 3 is 3.11 bits per heavy atom. The standard InChI is InChI=1S/C14H20N4O/c1-19-12-5-2-4-11(8-12)9-13-14(10-17-18-13)16-7-3-6-15/h2,4-5,8,10,16H,3,6-7,9,15H2,1H3,(H,17,18). The Balaban J connectivity index is 2.03. The quantitative estimate of drug-likeness (QED) is 0.663. The highest BCUT2D eigenvalue weighted by Crippen LogP contribution is 2.19. The summed E-state index contributed by atoms with van der Waals surface area (Å²) < 4.78 is 5.23. The number of anilines is 1. The molecule has 4 N–H and O–H groups in total. The number of hydrogen-bond acceptors (Lipinski definition) is 4. The number of methoxy groups -OCH3 is 1. The van der Waals surface area contributed by atoms with Crippen LogP contribution in [0.2, 0.25) is 0 Å². The SMILES string of the molecule is COc1cccc(Cc2[nH]ncc2NCCCN)c1. The number of nitrogens with one attached hydrogen (secondary N) is 2. The van der Waals surface area contributed by atoms with E-state index in [1.54, 1.807) is 7.11 Å². The van der Waals surface area contributed by atoms with Crippen molar-refractivity contribution in [1.82, 2.24) is 10.2 Å². The van der Waals surface area contributed by atoms with Crippen LogP contribution in [0.1, 0.15) is 17.7 Å². The molecule has 0 radical (unpaired) electrons. The van der Waals surface area contributed by atoms with Crippen LogP contribution in [0.3, 0.4) is 0 Å². The van der Waals surface area contributed by atoms with E-state index in [2.05, 4.69) is 21.6 Å². The van der Waals surface area contributed by atoms with Crippen molar-refractivity contribution in [2.75, 3.05) is 25.5 Å². The van der Waals surface area contributed by atoms with Gasteiger partial charge in [0.05, 0.1) is 24.7 Å². The van der Waals surface area contributed by atoms with Crippen molar-refractivity contribution < 1.29 is 4.74 Å². The van der Waals surface area contributed by atoms with E-state index >= 15 is 0 Å². The second-order valence-electron chi connectivity index (χ2n) is 4.36. The minimum absolute atomic E-state index is 0.691. The number of aromatic amines is 1. The van der Waals surface area contributed by atoms with Gasteiger partial charge in [-0.3, -0.25) is 5.10 Å². The van der Waals surface area contributed by atoms with Gasteiger partial charge in [-0.25, -0.2) is 0 Å². The molecule has 5 heteroatoms. The van der Waals surface area contributed by atoms with E-state index < -0.39 is 0 Å². The minimum atomic E-state index is 0.691. The van der Waals surface area contributed by atoms with Crippen LogP contribution in [0.25, 0.3) is 0 Å². The van der Waals surface area contributed by atoms with Gasteiger partial charge in [-0.1, -0.05) is 12.1 Å². The average molecular weight is 260 g/mol. The van der Waals surface area contributed by atoms with Gasteiger partial charge in [0.2, 0.25) is 0 Å².